The van der Waals surface area contributed by atoms with Gasteiger partial charge >= 0.3 is 0 Å². The molecular weight excluding hydrogens is 537 g/mol. The standard InChI is InChI=1S/C33H44N2OS3/c1-7-11-13-23(9-3)19-33(20-24(10-4)14-12-8-2)26-18-28(25-16-15-21(5)29-30(25)35-39-34-29)38-31(26)32-27(36-33)17-22(6)37-32/h15-18,23-24H,7-14,19-20H2,1-6H3. The zero-order chi connectivity index (χ0) is 27.6. The minimum absolute atomic E-state index is 0.280. The van der Waals surface area contributed by atoms with Gasteiger partial charge in [-0.25, -0.2) is 0 Å². The van der Waals surface area contributed by atoms with E-state index in [1.165, 1.54) is 99.3 Å². The summed E-state index contributed by atoms with van der Waals surface area (Å²) in [6, 6.07) is 9.25. The average Bonchev–Trinajstić information content (AvgIpc) is 3.68. The van der Waals surface area contributed by atoms with Crippen LogP contribution in [0.25, 0.3) is 31.2 Å². The molecule has 0 spiro atoms. The largest absolute Gasteiger partial charge is 0.481 e. The molecule has 0 aliphatic carbocycles. The van der Waals surface area contributed by atoms with Crippen LogP contribution < -0.4 is 4.74 Å². The first kappa shape index (κ1) is 28.8. The molecule has 39 heavy (non-hydrogen) atoms. The van der Waals surface area contributed by atoms with E-state index < -0.39 is 0 Å². The van der Waals surface area contributed by atoms with Crippen LogP contribution in [-0.4, -0.2) is 8.75 Å². The lowest BCUT2D eigenvalue weighted by molar-refractivity contribution is 0.00803. The van der Waals surface area contributed by atoms with Crippen molar-refractivity contribution in [3.63, 3.8) is 0 Å². The van der Waals surface area contributed by atoms with Crippen LogP contribution in [0.15, 0.2) is 24.3 Å². The summed E-state index contributed by atoms with van der Waals surface area (Å²) in [6.07, 6.45) is 12.3. The van der Waals surface area contributed by atoms with Crippen LogP contribution in [0.5, 0.6) is 5.75 Å². The van der Waals surface area contributed by atoms with Crippen LogP contribution in [0.2, 0.25) is 0 Å². The van der Waals surface area contributed by atoms with E-state index >= 15 is 0 Å². The second-order valence-corrected chi connectivity index (χ2v) is 14.5. The Morgan fingerprint density at radius 1 is 0.821 bits per heavy atom. The summed E-state index contributed by atoms with van der Waals surface area (Å²) < 4.78 is 16.7. The first-order valence-corrected chi connectivity index (χ1v) is 17.5. The zero-order valence-electron chi connectivity index (χ0n) is 24.6. The number of hydrogen-bond donors (Lipinski definition) is 0. The maximum absolute atomic E-state index is 7.32. The second-order valence-electron chi connectivity index (χ2n) is 11.6. The molecule has 3 aromatic heterocycles. The molecule has 4 aromatic rings. The summed E-state index contributed by atoms with van der Waals surface area (Å²) in [4.78, 5) is 5.37. The number of ether oxygens (including phenoxy) is 1. The van der Waals surface area contributed by atoms with Gasteiger partial charge in [0.1, 0.15) is 22.4 Å². The molecule has 3 nitrogen and oxygen atoms in total. The van der Waals surface area contributed by atoms with Gasteiger partial charge in [-0.3, -0.25) is 0 Å². The van der Waals surface area contributed by atoms with E-state index in [4.69, 9.17) is 9.11 Å². The van der Waals surface area contributed by atoms with Crippen molar-refractivity contribution in [1.82, 2.24) is 8.75 Å². The molecule has 1 aliphatic rings. The maximum Gasteiger partial charge on any atom is 0.140 e. The highest BCUT2D eigenvalue weighted by molar-refractivity contribution is 7.24. The van der Waals surface area contributed by atoms with Crippen LogP contribution >= 0.6 is 34.4 Å². The van der Waals surface area contributed by atoms with E-state index in [2.05, 4.69) is 70.2 Å². The van der Waals surface area contributed by atoms with Gasteiger partial charge in [0.05, 0.1) is 21.5 Å². The van der Waals surface area contributed by atoms with Gasteiger partial charge in [0.2, 0.25) is 0 Å². The van der Waals surface area contributed by atoms with Crippen molar-refractivity contribution in [2.45, 2.75) is 111 Å². The first-order chi connectivity index (χ1) is 18.9. The SMILES string of the molecule is CCCCC(CC)CC1(CC(CC)CCCC)Oc2cc(C)sc2-c2sc(-c3ccc(C)c4nsnc34)cc21. The van der Waals surface area contributed by atoms with Gasteiger partial charge in [-0.1, -0.05) is 91.2 Å². The van der Waals surface area contributed by atoms with Gasteiger partial charge < -0.3 is 4.74 Å². The average molecular weight is 581 g/mol. The van der Waals surface area contributed by atoms with Crippen molar-refractivity contribution in [2.24, 2.45) is 11.8 Å². The van der Waals surface area contributed by atoms with Crippen molar-refractivity contribution < 1.29 is 4.74 Å². The molecule has 0 fully saturated rings. The topological polar surface area (TPSA) is 35.0 Å². The van der Waals surface area contributed by atoms with Gasteiger partial charge in [0, 0.05) is 20.9 Å². The molecule has 6 heteroatoms. The van der Waals surface area contributed by atoms with Crippen LogP contribution in [0, 0.1) is 25.7 Å². The summed E-state index contributed by atoms with van der Waals surface area (Å²) in [5, 5.41) is 0. The molecule has 210 valence electrons. The summed E-state index contributed by atoms with van der Waals surface area (Å²) in [5.41, 5.74) is 5.63. The van der Waals surface area contributed by atoms with E-state index in [-0.39, 0.29) is 5.60 Å². The third-order valence-electron chi connectivity index (χ3n) is 8.76. The van der Waals surface area contributed by atoms with E-state index in [0.29, 0.717) is 11.8 Å². The highest BCUT2D eigenvalue weighted by Crippen LogP contribution is 2.58. The lowest BCUT2D eigenvalue weighted by Crippen LogP contribution is -2.39. The Kier molecular flexibility index (Phi) is 9.14. The zero-order valence-corrected chi connectivity index (χ0v) is 27.0. The molecule has 0 saturated heterocycles. The number of aryl methyl sites for hydroxylation is 2. The van der Waals surface area contributed by atoms with Crippen molar-refractivity contribution in [1.29, 1.82) is 0 Å². The maximum atomic E-state index is 7.32. The minimum Gasteiger partial charge on any atom is -0.481 e. The van der Waals surface area contributed by atoms with Crippen molar-refractivity contribution in [2.75, 3.05) is 0 Å². The number of aromatic nitrogens is 2. The molecule has 0 radical (unpaired) electrons. The van der Waals surface area contributed by atoms with Gasteiger partial charge in [0.25, 0.3) is 0 Å². The highest BCUT2D eigenvalue weighted by Gasteiger charge is 2.45. The summed E-state index contributed by atoms with van der Waals surface area (Å²) >= 11 is 5.15. The number of fused-ring (bicyclic) bond motifs is 4. The van der Waals surface area contributed by atoms with Crippen molar-refractivity contribution in [3.05, 3.63) is 40.3 Å². The smallest absolute Gasteiger partial charge is 0.140 e. The van der Waals surface area contributed by atoms with Gasteiger partial charge in [-0.05, 0) is 56.2 Å². The van der Waals surface area contributed by atoms with Crippen LogP contribution in [-0.2, 0) is 5.60 Å². The lowest BCUT2D eigenvalue weighted by Gasteiger charge is -2.42. The van der Waals surface area contributed by atoms with E-state index in [0.717, 1.165) is 29.6 Å². The minimum atomic E-state index is -0.280. The van der Waals surface area contributed by atoms with Gasteiger partial charge in [-0.2, -0.15) is 8.75 Å². The Bertz CT molecular complexity index is 1380. The normalized spacial score (nSPS) is 18.1. The predicted octanol–water partition coefficient (Wildman–Crippen LogP) is 11.6. The Balaban J connectivity index is 1.67. The van der Waals surface area contributed by atoms with E-state index in [9.17, 15) is 0 Å². The van der Waals surface area contributed by atoms with Crippen LogP contribution in [0.3, 0.4) is 0 Å². The molecule has 0 amide bonds. The van der Waals surface area contributed by atoms with Gasteiger partial charge in [0.15, 0.2) is 0 Å². The number of unbranched alkanes of at least 4 members (excludes halogenated alkanes) is 2. The fraction of sp³-hybridized carbons (Fsp3) is 0.576. The Labute approximate surface area is 247 Å². The lowest BCUT2D eigenvalue weighted by atomic mass is 9.74. The van der Waals surface area contributed by atoms with Gasteiger partial charge in [-0.15, -0.1) is 22.7 Å². The second kappa shape index (κ2) is 12.4. The molecule has 2 unspecified atom stereocenters. The Morgan fingerprint density at radius 2 is 1.49 bits per heavy atom. The molecule has 0 N–H and O–H groups in total. The highest BCUT2D eigenvalue weighted by atomic mass is 32.1. The first-order valence-electron chi connectivity index (χ1n) is 15.1. The number of rotatable bonds is 13. The summed E-state index contributed by atoms with van der Waals surface area (Å²) in [6.45, 7) is 13.7. The number of hydrogen-bond acceptors (Lipinski definition) is 6. The summed E-state index contributed by atoms with van der Waals surface area (Å²) in [7, 11) is 0. The Morgan fingerprint density at radius 3 is 2.13 bits per heavy atom. The third-order valence-corrected chi connectivity index (χ3v) is 11.7. The van der Waals surface area contributed by atoms with Crippen LogP contribution in [0.1, 0.15) is 108 Å². The molecule has 0 bridgehead atoms. The number of benzene rings is 1. The fourth-order valence-corrected chi connectivity index (χ4v) is 9.40. The molecule has 1 aromatic carbocycles. The van der Waals surface area contributed by atoms with Crippen molar-refractivity contribution in [3.8, 4) is 25.9 Å². The predicted molar refractivity (Wildman–Crippen MR) is 172 cm³/mol. The number of thiophene rings is 2. The molecule has 4 heterocycles. The fourth-order valence-electron chi connectivity index (χ4n) is 6.42. The third kappa shape index (κ3) is 5.71. The van der Waals surface area contributed by atoms with Crippen LogP contribution in [0.4, 0.5) is 0 Å². The molecular formula is C33H44N2OS3. The summed E-state index contributed by atoms with van der Waals surface area (Å²) in [5.74, 6) is 2.44. The molecule has 0 saturated carbocycles. The Hall–Kier alpha value is -1.76. The van der Waals surface area contributed by atoms with Crippen molar-refractivity contribution >= 4 is 45.4 Å². The van der Waals surface area contributed by atoms with E-state index in [1.54, 1.807) is 0 Å². The monoisotopic (exact) mass is 580 g/mol. The molecule has 5 rings (SSSR count). The quantitative estimate of drug-likeness (QED) is 0.158. The molecule has 2 atom stereocenters. The number of nitrogens with zero attached hydrogens (tertiary/aromatic N) is 2. The van der Waals surface area contributed by atoms with E-state index in [1.807, 2.05) is 22.7 Å². The molecule has 1 aliphatic heterocycles.